The van der Waals surface area contributed by atoms with E-state index in [9.17, 15) is 4.79 Å². The molecule has 25 heavy (non-hydrogen) atoms. The number of urea groups is 1. The third-order valence-electron chi connectivity index (χ3n) is 4.41. The van der Waals surface area contributed by atoms with Crippen molar-refractivity contribution in [3.05, 3.63) is 24.3 Å². The van der Waals surface area contributed by atoms with Crippen LogP contribution in [0.5, 0.6) is 5.75 Å². The molecule has 1 aromatic carbocycles. The van der Waals surface area contributed by atoms with Gasteiger partial charge in [-0.05, 0) is 37.1 Å². The number of nitrogens with one attached hydrogen (secondary N) is 2. The van der Waals surface area contributed by atoms with Gasteiger partial charge in [-0.3, -0.25) is 5.32 Å². The summed E-state index contributed by atoms with van der Waals surface area (Å²) in [5, 5.41) is 15.1. The summed E-state index contributed by atoms with van der Waals surface area (Å²) in [6, 6.07) is 7.31. The van der Waals surface area contributed by atoms with E-state index in [4.69, 9.17) is 4.74 Å². The Kier molecular flexibility index (Phi) is 5.70. The number of aromatic nitrogens is 2. The summed E-state index contributed by atoms with van der Waals surface area (Å²) in [6.45, 7) is 0. The fourth-order valence-corrected chi connectivity index (χ4v) is 3.74. The van der Waals surface area contributed by atoms with Crippen LogP contribution in [0.3, 0.4) is 0 Å². The first-order valence-electron chi connectivity index (χ1n) is 8.44. The molecular weight excluding hydrogens is 338 g/mol. The monoisotopic (exact) mass is 361 g/mol. The second kappa shape index (κ2) is 8.15. The van der Waals surface area contributed by atoms with Gasteiger partial charge in [0.1, 0.15) is 5.75 Å². The average molecular weight is 361 g/mol. The van der Waals surface area contributed by atoms with Gasteiger partial charge in [-0.2, -0.15) is 0 Å². The summed E-state index contributed by atoms with van der Waals surface area (Å²) in [7, 11) is 3.66. The molecule has 1 fully saturated rings. The van der Waals surface area contributed by atoms with Gasteiger partial charge >= 0.3 is 6.03 Å². The van der Waals surface area contributed by atoms with Crippen LogP contribution in [0, 0.1) is 0 Å². The third kappa shape index (κ3) is 4.60. The molecule has 0 unspecified atom stereocenters. The van der Waals surface area contributed by atoms with Gasteiger partial charge in [-0.15, -0.1) is 10.2 Å². The molecule has 2 N–H and O–H groups in total. The first-order chi connectivity index (χ1) is 12.2. The topological polar surface area (TPSA) is 79.4 Å². The number of ether oxygens (including phenoxy) is 1. The summed E-state index contributed by atoms with van der Waals surface area (Å²) in [6.07, 6.45) is 6.23. The minimum atomic E-state index is -0.340. The van der Waals surface area contributed by atoms with Crippen molar-refractivity contribution in [3.63, 3.8) is 0 Å². The van der Waals surface area contributed by atoms with Gasteiger partial charge in [0.2, 0.25) is 10.3 Å². The van der Waals surface area contributed by atoms with Crippen molar-refractivity contribution >= 4 is 33.3 Å². The van der Waals surface area contributed by atoms with E-state index < -0.39 is 0 Å². The van der Waals surface area contributed by atoms with Gasteiger partial charge in [0, 0.05) is 18.8 Å². The second-order valence-electron chi connectivity index (χ2n) is 6.10. The molecule has 0 saturated heterocycles. The molecule has 2 amide bonds. The first-order valence-corrected chi connectivity index (χ1v) is 9.26. The number of amides is 2. The Labute approximate surface area is 151 Å². The third-order valence-corrected chi connectivity index (χ3v) is 5.34. The van der Waals surface area contributed by atoms with Crippen LogP contribution in [0.4, 0.5) is 20.7 Å². The quantitative estimate of drug-likeness (QED) is 0.843. The van der Waals surface area contributed by atoms with Crippen LogP contribution in [0.1, 0.15) is 32.1 Å². The molecule has 3 rings (SSSR count). The maximum Gasteiger partial charge on any atom is 0.325 e. The Bertz CT molecular complexity index is 697. The zero-order chi connectivity index (χ0) is 17.6. The van der Waals surface area contributed by atoms with E-state index in [1.165, 1.54) is 43.4 Å². The summed E-state index contributed by atoms with van der Waals surface area (Å²) >= 11 is 1.39. The van der Waals surface area contributed by atoms with Crippen molar-refractivity contribution in [1.29, 1.82) is 0 Å². The molecule has 1 saturated carbocycles. The maximum absolute atomic E-state index is 12.1. The average Bonchev–Trinajstić information content (AvgIpc) is 3.10. The Morgan fingerprint density at radius 1 is 1.16 bits per heavy atom. The Morgan fingerprint density at radius 3 is 2.56 bits per heavy atom. The van der Waals surface area contributed by atoms with E-state index in [0.717, 1.165) is 10.9 Å². The van der Waals surface area contributed by atoms with Crippen molar-refractivity contribution in [2.75, 3.05) is 29.7 Å². The van der Waals surface area contributed by atoms with Gasteiger partial charge in [0.25, 0.3) is 0 Å². The van der Waals surface area contributed by atoms with Gasteiger partial charge in [0.05, 0.1) is 7.11 Å². The molecule has 0 aliphatic heterocycles. The highest BCUT2D eigenvalue weighted by Gasteiger charge is 2.21. The molecule has 0 spiro atoms. The van der Waals surface area contributed by atoms with E-state index in [1.807, 2.05) is 0 Å². The summed E-state index contributed by atoms with van der Waals surface area (Å²) in [5.74, 6) is 0.741. The number of nitrogens with zero attached hydrogens (tertiary/aromatic N) is 3. The molecule has 1 aliphatic rings. The van der Waals surface area contributed by atoms with E-state index in [-0.39, 0.29) is 6.03 Å². The molecule has 8 heteroatoms. The van der Waals surface area contributed by atoms with Crippen LogP contribution in [0.25, 0.3) is 0 Å². The van der Waals surface area contributed by atoms with Gasteiger partial charge < -0.3 is 15.0 Å². The minimum absolute atomic E-state index is 0.340. The van der Waals surface area contributed by atoms with Crippen molar-refractivity contribution < 1.29 is 9.53 Å². The predicted molar refractivity (Wildman–Crippen MR) is 101 cm³/mol. The van der Waals surface area contributed by atoms with Crippen LogP contribution in [-0.4, -0.2) is 36.4 Å². The van der Waals surface area contributed by atoms with E-state index in [2.05, 4.69) is 32.8 Å². The maximum atomic E-state index is 12.1. The normalized spacial score (nSPS) is 14.8. The molecule has 1 aliphatic carbocycles. The van der Waals surface area contributed by atoms with Gasteiger partial charge in [-0.1, -0.05) is 30.6 Å². The number of methoxy groups -OCH3 is 1. The number of hydrogen-bond donors (Lipinski definition) is 2. The smallest absolute Gasteiger partial charge is 0.325 e. The fourth-order valence-electron chi connectivity index (χ4n) is 2.97. The van der Waals surface area contributed by atoms with Gasteiger partial charge in [-0.25, -0.2) is 4.79 Å². The fraction of sp³-hybridized carbons (Fsp3) is 0.471. The Morgan fingerprint density at radius 2 is 1.88 bits per heavy atom. The van der Waals surface area contributed by atoms with Crippen LogP contribution in [0.15, 0.2) is 24.3 Å². The number of hydrogen-bond acceptors (Lipinski definition) is 6. The Hall–Kier alpha value is -2.35. The molecule has 0 radical (unpaired) electrons. The lowest BCUT2D eigenvalue weighted by Crippen LogP contribution is -2.33. The van der Waals surface area contributed by atoms with Crippen molar-refractivity contribution in [1.82, 2.24) is 10.2 Å². The minimum Gasteiger partial charge on any atom is -0.497 e. The highest BCUT2D eigenvalue weighted by Crippen LogP contribution is 2.29. The lowest BCUT2D eigenvalue weighted by molar-refractivity contribution is 0.262. The number of benzene rings is 1. The largest absolute Gasteiger partial charge is 0.497 e. The molecule has 134 valence electrons. The Balaban J connectivity index is 1.55. The van der Waals surface area contributed by atoms with E-state index in [0.29, 0.717) is 16.9 Å². The second-order valence-corrected chi connectivity index (χ2v) is 7.06. The number of carbonyl (C=O) groups excluding carboxylic acids is 1. The summed E-state index contributed by atoms with van der Waals surface area (Å²) in [5.41, 5.74) is 0.683. The lowest BCUT2D eigenvalue weighted by Gasteiger charge is -2.30. The van der Waals surface area contributed by atoms with Crippen LogP contribution >= 0.6 is 11.3 Å². The molecule has 1 aromatic heterocycles. The first kappa shape index (κ1) is 17.5. The molecule has 7 nitrogen and oxygen atoms in total. The highest BCUT2D eigenvalue weighted by atomic mass is 32.1. The van der Waals surface area contributed by atoms with Crippen LogP contribution in [-0.2, 0) is 0 Å². The van der Waals surface area contributed by atoms with Gasteiger partial charge in [0.15, 0.2) is 0 Å². The number of carbonyl (C=O) groups is 1. The predicted octanol–water partition coefficient (Wildman–Crippen LogP) is 3.96. The van der Waals surface area contributed by atoms with Crippen LogP contribution in [0.2, 0.25) is 0 Å². The molecule has 1 heterocycles. The molecule has 2 aromatic rings. The zero-order valence-electron chi connectivity index (χ0n) is 14.5. The van der Waals surface area contributed by atoms with Crippen molar-refractivity contribution in [2.45, 2.75) is 38.1 Å². The van der Waals surface area contributed by atoms with Crippen molar-refractivity contribution in [3.8, 4) is 5.75 Å². The number of anilines is 3. The van der Waals surface area contributed by atoms with E-state index in [1.54, 1.807) is 31.4 Å². The highest BCUT2D eigenvalue weighted by molar-refractivity contribution is 7.19. The lowest BCUT2D eigenvalue weighted by atomic mass is 9.95. The molecule has 0 bridgehead atoms. The summed E-state index contributed by atoms with van der Waals surface area (Å²) in [4.78, 5) is 14.3. The van der Waals surface area contributed by atoms with E-state index >= 15 is 0 Å². The zero-order valence-corrected chi connectivity index (χ0v) is 15.3. The standard InChI is InChI=1S/C17H23N5O2S/c1-22(13-6-4-3-5-7-13)17-21-20-16(25-17)19-15(23)18-12-8-10-14(24-2)11-9-12/h8-11,13H,3-7H2,1-2H3,(H2,18,19,20,23). The molecular formula is C17H23N5O2S. The molecule has 0 atom stereocenters. The SMILES string of the molecule is COc1ccc(NC(=O)Nc2nnc(N(C)C3CCCCC3)s2)cc1. The van der Waals surface area contributed by atoms with Crippen LogP contribution < -0.4 is 20.3 Å². The summed E-state index contributed by atoms with van der Waals surface area (Å²) < 4.78 is 5.10. The number of rotatable bonds is 5. The van der Waals surface area contributed by atoms with Crippen molar-refractivity contribution in [2.24, 2.45) is 0 Å².